The molecule has 3 aromatic rings. The number of esters is 1. The average Bonchev–Trinajstić information content (AvgIpc) is 2.88. The topological polar surface area (TPSA) is 26.3 Å². The summed E-state index contributed by atoms with van der Waals surface area (Å²) in [6.07, 6.45) is 0.871. The molecule has 122 valence electrons. The van der Waals surface area contributed by atoms with Crippen molar-refractivity contribution in [3.05, 3.63) is 105 Å². The van der Waals surface area contributed by atoms with Crippen molar-refractivity contribution < 1.29 is 9.53 Å². The highest BCUT2D eigenvalue weighted by molar-refractivity contribution is 5.96. The fourth-order valence-electron chi connectivity index (χ4n) is 4.39. The minimum Gasteiger partial charge on any atom is -0.441 e. The first-order valence-electron chi connectivity index (χ1n) is 8.62. The van der Waals surface area contributed by atoms with E-state index in [1.807, 2.05) is 24.3 Å². The van der Waals surface area contributed by atoms with E-state index in [0.29, 0.717) is 5.56 Å². The van der Waals surface area contributed by atoms with Crippen molar-refractivity contribution in [2.24, 2.45) is 0 Å². The minimum atomic E-state index is -0.821. The smallest absolute Gasteiger partial charge is 0.340 e. The maximum atomic E-state index is 12.7. The molecule has 2 heteroatoms. The summed E-state index contributed by atoms with van der Waals surface area (Å²) < 4.78 is 6.15. The van der Waals surface area contributed by atoms with Crippen LogP contribution in [-0.2, 0) is 16.8 Å². The molecule has 3 aromatic carbocycles. The van der Waals surface area contributed by atoms with E-state index in [2.05, 4.69) is 50.2 Å². The summed E-state index contributed by atoms with van der Waals surface area (Å²) in [5.41, 5.74) is 7.91. The van der Waals surface area contributed by atoms with Crippen molar-refractivity contribution in [1.29, 1.82) is 0 Å². The molecule has 0 amide bonds. The summed E-state index contributed by atoms with van der Waals surface area (Å²) >= 11 is 0. The second-order valence-corrected chi connectivity index (χ2v) is 7.11. The fraction of sp³-hybridized carbons (Fsp3) is 0.174. The van der Waals surface area contributed by atoms with Crippen molar-refractivity contribution in [3.63, 3.8) is 0 Å². The Bertz CT molecular complexity index is 994. The molecule has 0 saturated heterocycles. The van der Waals surface area contributed by atoms with Gasteiger partial charge in [-0.15, -0.1) is 0 Å². The van der Waals surface area contributed by atoms with Crippen LogP contribution >= 0.6 is 0 Å². The van der Waals surface area contributed by atoms with E-state index in [1.54, 1.807) is 0 Å². The lowest BCUT2D eigenvalue weighted by Crippen LogP contribution is -2.35. The Hall–Kier alpha value is -2.87. The second-order valence-electron chi connectivity index (χ2n) is 7.11. The Labute approximate surface area is 147 Å². The molecule has 0 bridgehead atoms. The number of fused-ring (bicyclic) bond motifs is 6. The molecule has 0 radical (unpaired) electrons. The van der Waals surface area contributed by atoms with E-state index >= 15 is 0 Å². The van der Waals surface area contributed by atoms with Crippen LogP contribution in [0.2, 0.25) is 0 Å². The van der Waals surface area contributed by atoms with Gasteiger partial charge in [-0.1, -0.05) is 65.7 Å². The van der Waals surface area contributed by atoms with Gasteiger partial charge in [-0.2, -0.15) is 0 Å². The standard InChI is InChI=1S/C23H18O2/c1-14-7-9-19-16(11-14)13-17-12-15(2)8-10-20(17)23(19)21-6-4-3-5-18(21)22(24)25-23/h3-12H,13H2,1-2H3. The van der Waals surface area contributed by atoms with Gasteiger partial charge in [-0.3, -0.25) is 0 Å². The van der Waals surface area contributed by atoms with Gasteiger partial charge in [0.15, 0.2) is 5.60 Å². The Morgan fingerprint density at radius 2 is 1.40 bits per heavy atom. The lowest BCUT2D eigenvalue weighted by Gasteiger charge is -2.37. The Morgan fingerprint density at radius 1 is 0.800 bits per heavy atom. The maximum absolute atomic E-state index is 12.7. The largest absolute Gasteiger partial charge is 0.441 e. The first-order chi connectivity index (χ1) is 12.1. The van der Waals surface area contributed by atoms with Crippen molar-refractivity contribution in [2.75, 3.05) is 0 Å². The average molecular weight is 326 g/mol. The first-order valence-corrected chi connectivity index (χ1v) is 8.62. The van der Waals surface area contributed by atoms with Crippen LogP contribution in [-0.4, -0.2) is 5.97 Å². The fourth-order valence-corrected chi connectivity index (χ4v) is 4.39. The normalized spacial score (nSPS) is 16.2. The lowest BCUT2D eigenvalue weighted by atomic mass is 9.70. The van der Waals surface area contributed by atoms with Crippen molar-refractivity contribution in [2.45, 2.75) is 25.9 Å². The zero-order chi connectivity index (χ0) is 17.2. The predicted molar refractivity (Wildman–Crippen MR) is 96.9 cm³/mol. The van der Waals surface area contributed by atoms with E-state index in [9.17, 15) is 4.79 Å². The number of benzene rings is 3. The van der Waals surface area contributed by atoms with Gasteiger partial charge in [0.25, 0.3) is 0 Å². The van der Waals surface area contributed by atoms with Crippen molar-refractivity contribution in [3.8, 4) is 0 Å². The SMILES string of the molecule is Cc1ccc2c(c1)Cc1cc(C)ccc1C21OC(=O)c2ccccc21. The van der Waals surface area contributed by atoms with Gasteiger partial charge in [0.2, 0.25) is 0 Å². The summed E-state index contributed by atoms with van der Waals surface area (Å²) in [5, 5.41) is 0. The highest BCUT2D eigenvalue weighted by atomic mass is 16.6. The molecular weight excluding hydrogens is 308 g/mol. The lowest BCUT2D eigenvalue weighted by molar-refractivity contribution is 0.0241. The molecule has 1 aliphatic heterocycles. The third-order valence-corrected chi connectivity index (χ3v) is 5.43. The third-order valence-electron chi connectivity index (χ3n) is 5.43. The number of carbonyl (C=O) groups excluding carboxylic acids is 1. The van der Waals surface area contributed by atoms with Gasteiger partial charge in [-0.25, -0.2) is 4.79 Å². The molecule has 0 saturated carbocycles. The molecule has 0 aromatic heterocycles. The van der Waals surface area contributed by atoms with E-state index in [-0.39, 0.29) is 5.97 Å². The van der Waals surface area contributed by atoms with Crippen LogP contribution in [0.15, 0.2) is 60.7 Å². The first kappa shape index (κ1) is 14.5. The van der Waals surface area contributed by atoms with Crippen LogP contribution in [0.3, 0.4) is 0 Å². The zero-order valence-corrected chi connectivity index (χ0v) is 14.3. The molecule has 25 heavy (non-hydrogen) atoms. The van der Waals surface area contributed by atoms with E-state index in [0.717, 1.165) is 23.1 Å². The van der Waals surface area contributed by atoms with Crippen LogP contribution in [0.25, 0.3) is 0 Å². The molecule has 1 heterocycles. The summed E-state index contributed by atoms with van der Waals surface area (Å²) in [7, 11) is 0. The van der Waals surface area contributed by atoms with Crippen LogP contribution in [0, 0.1) is 13.8 Å². The molecule has 2 aliphatic rings. The van der Waals surface area contributed by atoms with Crippen LogP contribution < -0.4 is 0 Å². The molecule has 2 nitrogen and oxygen atoms in total. The Balaban J connectivity index is 1.91. The number of hydrogen-bond acceptors (Lipinski definition) is 2. The van der Waals surface area contributed by atoms with Crippen LogP contribution in [0.1, 0.15) is 49.3 Å². The van der Waals surface area contributed by atoms with Gasteiger partial charge in [0.1, 0.15) is 0 Å². The number of rotatable bonds is 0. The van der Waals surface area contributed by atoms with E-state index < -0.39 is 5.60 Å². The second kappa shape index (κ2) is 4.82. The van der Waals surface area contributed by atoms with E-state index in [1.165, 1.54) is 22.3 Å². The predicted octanol–water partition coefficient (Wildman–Crippen LogP) is 4.67. The number of hydrogen-bond donors (Lipinski definition) is 0. The highest BCUT2D eigenvalue weighted by Crippen LogP contribution is 2.52. The van der Waals surface area contributed by atoms with Gasteiger partial charge in [-0.05, 0) is 37.5 Å². The Morgan fingerprint density at radius 3 is 2.04 bits per heavy atom. The zero-order valence-electron chi connectivity index (χ0n) is 14.3. The maximum Gasteiger partial charge on any atom is 0.340 e. The summed E-state index contributed by atoms with van der Waals surface area (Å²) in [5.74, 6) is -0.240. The summed E-state index contributed by atoms with van der Waals surface area (Å²) in [4.78, 5) is 12.7. The van der Waals surface area contributed by atoms with E-state index in [4.69, 9.17) is 4.74 Å². The quantitative estimate of drug-likeness (QED) is 0.561. The highest BCUT2D eigenvalue weighted by Gasteiger charge is 2.51. The molecule has 5 rings (SSSR count). The van der Waals surface area contributed by atoms with Gasteiger partial charge < -0.3 is 4.74 Å². The molecule has 0 N–H and O–H groups in total. The number of ether oxygens (including phenoxy) is 1. The Kier molecular flexibility index (Phi) is 2.79. The minimum absolute atomic E-state index is 0.240. The van der Waals surface area contributed by atoms with Gasteiger partial charge in [0, 0.05) is 16.7 Å². The van der Waals surface area contributed by atoms with Crippen LogP contribution in [0.4, 0.5) is 0 Å². The molecule has 0 atom stereocenters. The van der Waals surface area contributed by atoms with Crippen LogP contribution in [0.5, 0.6) is 0 Å². The van der Waals surface area contributed by atoms with Crippen molar-refractivity contribution >= 4 is 5.97 Å². The number of carbonyl (C=O) groups is 1. The van der Waals surface area contributed by atoms with Crippen molar-refractivity contribution in [1.82, 2.24) is 0 Å². The molecule has 0 unspecified atom stereocenters. The summed E-state index contributed by atoms with van der Waals surface area (Å²) in [6, 6.07) is 20.7. The molecule has 0 fully saturated rings. The molecular formula is C23H18O2. The van der Waals surface area contributed by atoms with Gasteiger partial charge >= 0.3 is 5.97 Å². The summed E-state index contributed by atoms with van der Waals surface area (Å²) in [6.45, 7) is 4.21. The number of aryl methyl sites for hydroxylation is 2. The van der Waals surface area contributed by atoms with Gasteiger partial charge in [0.05, 0.1) is 5.56 Å². The molecule has 1 aliphatic carbocycles. The molecule has 1 spiro atoms. The third kappa shape index (κ3) is 1.82. The monoisotopic (exact) mass is 326 g/mol.